The molecular formula is C18H16F3IN4O2. The van der Waals surface area contributed by atoms with E-state index in [9.17, 15) is 23.1 Å². The SMILES string of the molecule is C=In1cc2cc(NC(=O)c3cccc(C(F)(F)F)n3)c(C(C)(C)O)cc2n1. The van der Waals surface area contributed by atoms with Gasteiger partial charge in [-0.05, 0) is 42.6 Å². The number of pyridine rings is 1. The number of nitrogens with one attached hydrogen (secondary N) is 1. The highest BCUT2D eigenvalue weighted by Gasteiger charge is 2.33. The van der Waals surface area contributed by atoms with Gasteiger partial charge in [0.15, 0.2) is 0 Å². The second-order valence-corrected chi connectivity index (χ2v) is 8.18. The van der Waals surface area contributed by atoms with E-state index in [1.165, 1.54) is 19.9 Å². The zero-order chi connectivity index (χ0) is 20.7. The van der Waals surface area contributed by atoms with Gasteiger partial charge in [-0.25, -0.2) is 7.88 Å². The van der Waals surface area contributed by atoms with Gasteiger partial charge in [0.05, 0.1) is 11.1 Å². The van der Waals surface area contributed by atoms with Gasteiger partial charge in [0.25, 0.3) is 5.91 Å². The number of halogens is 4. The van der Waals surface area contributed by atoms with Gasteiger partial charge in [-0.1, -0.05) is 6.07 Å². The van der Waals surface area contributed by atoms with Gasteiger partial charge in [-0.15, -0.1) is 0 Å². The lowest BCUT2D eigenvalue weighted by molar-refractivity contribution is -0.141. The largest absolute Gasteiger partial charge is 0.433 e. The van der Waals surface area contributed by atoms with Crippen LogP contribution in [0.1, 0.15) is 35.6 Å². The highest BCUT2D eigenvalue weighted by atomic mass is 127. The van der Waals surface area contributed by atoms with Gasteiger partial charge < -0.3 is 10.4 Å². The third-order valence-corrected chi connectivity index (χ3v) is 5.11. The number of fused-ring (bicyclic) bond motifs is 1. The predicted molar refractivity (Wildman–Crippen MR) is 109 cm³/mol. The zero-order valence-corrected chi connectivity index (χ0v) is 17.0. The van der Waals surface area contributed by atoms with Crippen molar-refractivity contribution in [3.8, 4) is 0 Å². The summed E-state index contributed by atoms with van der Waals surface area (Å²) >= 11 is -0.567. The minimum atomic E-state index is -4.65. The summed E-state index contributed by atoms with van der Waals surface area (Å²) < 4.78 is 44.1. The molecule has 0 saturated carbocycles. The topological polar surface area (TPSA) is 80.0 Å². The molecule has 10 heteroatoms. The zero-order valence-electron chi connectivity index (χ0n) is 14.9. The maximum Gasteiger partial charge on any atom is 0.433 e. The Morgan fingerprint density at radius 2 is 2.00 bits per heavy atom. The normalized spacial score (nSPS) is 12.4. The van der Waals surface area contributed by atoms with Gasteiger partial charge in [0, 0.05) is 43.8 Å². The Kier molecular flexibility index (Phi) is 5.28. The third-order valence-electron chi connectivity index (χ3n) is 3.92. The van der Waals surface area contributed by atoms with Crippen molar-refractivity contribution >= 4 is 48.0 Å². The Bertz CT molecular complexity index is 1070. The number of anilines is 1. The molecule has 28 heavy (non-hydrogen) atoms. The van der Waals surface area contributed by atoms with Crippen LogP contribution in [0, 0.1) is 0 Å². The van der Waals surface area contributed by atoms with Crippen molar-refractivity contribution in [3.63, 3.8) is 0 Å². The van der Waals surface area contributed by atoms with Crippen LogP contribution in [0.2, 0.25) is 0 Å². The molecule has 1 amide bonds. The van der Waals surface area contributed by atoms with Crippen molar-refractivity contribution in [1.82, 2.24) is 13.0 Å². The van der Waals surface area contributed by atoms with Gasteiger partial charge in [0.2, 0.25) is 0 Å². The van der Waals surface area contributed by atoms with E-state index in [1.54, 1.807) is 21.2 Å². The number of aromatic nitrogens is 3. The Balaban J connectivity index is 2.03. The standard InChI is InChI=1S/C18H16F3IN4O2/c1-17(2,28)11-8-13-10(9-26(22-3)25-13)7-14(11)24-16(27)12-5-4-6-15(23-12)18(19,20)21/h4-9,28H,3H2,1-2H3,(H,24,27). The molecule has 1 aromatic carbocycles. The van der Waals surface area contributed by atoms with E-state index in [2.05, 4.69) is 19.9 Å². The van der Waals surface area contributed by atoms with Crippen LogP contribution in [0.3, 0.4) is 0 Å². The first kappa shape index (κ1) is 20.4. The van der Waals surface area contributed by atoms with Gasteiger partial charge in [-0.2, -0.15) is 18.3 Å². The smallest absolute Gasteiger partial charge is 0.386 e. The predicted octanol–water partition coefficient (Wildman–Crippen LogP) is 4.10. The minimum absolute atomic E-state index is 0.269. The molecule has 0 aliphatic rings. The lowest BCUT2D eigenvalue weighted by atomic mass is 9.95. The molecule has 0 fully saturated rings. The van der Waals surface area contributed by atoms with Crippen LogP contribution in [0.5, 0.6) is 0 Å². The molecule has 2 N–H and O–H groups in total. The van der Waals surface area contributed by atoms with Crippen LogP contribution in [0.25, 0.3) is 10.9 Å². The molecule has 3 rings (SSSR count). The Hall–Kier alpha value is -2.34. The van der Waals surface area contributed by atoms with Crippen LogP contribution >= 0.6 is 21.0 Å². The molecule has 0 unspecified atom stereocenters. The highest BCUT2D eigenvalue weighted by molar-refractivity contribution is 14.2. The molecule has 2 heterocycles. The lowest BCUT2D eigenvalue weighted by Crippen LogP contribution is -2.22. The van der Waals surface area contributed by atoms with E-state index in [1.807, 2.05) is 0 Å². The van der Waals surface area contributed by atoms with Crippen LogP contribution in [0.4, 0.5) is 18.9 Å². The summed E-state index contributed by atoms with van der Waals surface area (Å²) in [5, 5.41) is 18.1. The molecule has 148 valence electrons. The second-order valence-electron chi connectivity index (χ2n) is 6.51. The Labute approximate surface area is 168 Å². The van der Waals surface area contributed by atoms with Crippen molar-refractivity contribution in [3.05, 3.63) is 53.5 Å². The van der Waals surface area contributed by atoms with Crippen LogP contribution in [-0.2, 0) is 11.8 Å². The average molecular weight is 504 g/mol. The first-order valence-electron chi connectivity index (χ1n) is 8.00. The number of hydrogen-bond acceptors (Lipinski definition) is 4. The van der Waals surface area contributed by atoms with E-state index >= 15 is 0 Å². The summed E-state index contributed by atoms with van der Waals surface area (Å²) in [6.07, 6.45) is -2.89. The van der Waals surface area contributed by atoms with Crippen molar-refractivity contribution in [2.24, 2.45) is 0 Å². The van der Waals surface area contributed by atoms with E-state index in [0.717, 1.165) is 12.1 Å². The van der Waals surface area contributed by atoms with E-state index in [-0.39, 0.29) is 11.4 Å². The Morgan fingerprint density at radius 3 is 2.61 bits per heavy atom. The second kappa shape index (κ2) is 7.24. The first-order valence-corrected chi connectivity index (χ1v) is 10.5. The fourth-order valence-electron chi connectivity index (χ4n) is 2.62. The summed E-state index contributed by atoms with van der Waals surface area (Å²) in [6, 6.07) is 6.36. The summed E-state index contributed by atoms with van der Waals surface area (Å²) in [5.74, 6) is -0.812. The number of aliphatic hydroxyl groups is 1. The molecule has 0 spiro atoms. The third kappa shape index (κ3) is 4.22. The summed E-state index contributed by atoms with van der Waals surface area (Å²) in [6.45, 7) is 3.08. The van der Waals surface area contributed by atoms with E-state index in [0.29, 0.717) is 16.5 Å². The van der Waals surface area contributed by atoms with Crippen molar-refractivity contribution in [2.45, 2.75) is 25.6 Å². The van der Waals surface area contributed by atoms with Gasteiger partial charge in [0.1, 0.15) is 11.4 Å². The van der Waals surface area contributed by atoms with Crippen molar-refractivity contribution in [1.29, 1.82) is 0 Å². The van der Waals surface area contributed by atoms with Crippen LogP contribution in [0.15, 0.2) is 36.5 Å². The number of benzene rings is 1. The molecule has 2 aromatic heterocycles. The minimum Gasteiger partial charge on any atom is -0.386 e. The molecule has 6 nitrogen and oxygen atoms in total. The summed E-state index contributed by atoms with van der Waals surface area (Å²) in [7, 11) is 0. The van der Waals surface area contributed by atoms with E-state index in [4.69, 9.17) is 0 Å². The first-order chi connectivity index (χ1) is 13.0. The molecule has 0 radical (unpaired) electrons. The number of rotatable bonds is 4. The fraction of sp³-hybridized carbons (Fsp3) is 0.222. The maximum absolute atomic E-state index is 12.8. The average Bonchev–Trinajstić information content (AvgIpc) is 3.01. The molecule has 3 aromatic rings. The highest BCUT2D eigenvalue weighted by Crippen LogP contribution is 2.33. The number of hydrogen-bond donors (Lipinski definition) is 2. The van der Waals surface area contributed by atoms with Gasteiger partial charge >= 0.3 is 6.18 Å². The summed E-state index contributed by atoms with van der Waals surface area (Å²) in [4.78, 5) is 15.9. The number of amides is 1. The Morgan fingerprint density at radius 1 is 1.29 bits per heavy atom. The number of carbonyl (C=O) groups is 1. The van der Waals surface area contributed by atoms with Crippen molar-refractivity contribution < 1.29 is 23.1 Å². The van der Waals surface area contributed by atoms with Gasteiger partial charge in [-0.3, -0.25) is 4.79 Å². The summed E-state index contributed by atoms with van der Waals surface area (Å²) in [5.41, 5.74) is -1.58. The van der Waals surface area contributed by atoms with Crippen molar-refractivity contribution in [2.75, 3.05) is 5.32 Å². The van der Waals surface area contributed by atoms with E-state index < -0.39 is 44.4 Å². The lowest BCUT2D eigenvalue weighted by Gasteiger charge is -2.22. The molecule has 0 atom stereocenters. The number of nitrogens with zero attached hydrogens (tertiary/aromatic N) is 3. The maximum atomic E-state index is 12.8. The number of alkyl halides is 3. The fourth-order valence-corrected chi connectivity index (χ4v) is 3.50. The molecule has 0 aliphatic carbocycles. The van der Waals surface area contributed by atoms with Crippen LogP contribution in [-0.4, -0.2) is 28.5 Å². The molecular weight excluding hydrogens is 488 g/mol. The molecule has 0 aliphatic heterocycles. The number of carbonyl (C=O) groups excluding carboxylic acids is 1. The molecule has 0 saturated heterocycles. The molecule has 0 bridgehead atoms. The quantitative estimate of drug-likeness (QED) is 0.525. The van der Waals surface area contributed by atoms with Crippen LogP contribution < -0.4 is 5.32 Å². The monoisotopic (exact) mass is 504 g/mol.